The Balaban J connectivity index is 2.02. The third kappa shape index (κ3) is 3.50. The van der Waals surface area contributed by atoms with Crippen LogP contribution in [0.1, 0.15) is 11.6 Å². The van der Waals surface area contributed by atoms with Gasteiger partial charge in [-0.05, 0) is 29.8 Å². The Kier molecular flexibility index (Phi) is 5.29. The third-order valence-electron chi connectivity index (χ3n) is 4.19. The summed E-state index contributed by atoms with van der Waals surface area (Å²) in [6.07, 6.45) is 0. The van der Waals surface area contributed by atoms with Crippen LogP contribution in [-0.2, 0) is 10.0 Å². The molecule has 1 fully saturated rings. The largest absolute Gasteiger partial charge is 0.494 e. The highest BCUT2D eigenvalue weighted by Gasteiger charge is 2.35. The molecule has 0 bridgehead atoms. The highest BCUT2D eigenvalue weighted by Crippen LogP contribution is 2.33. The van der Waals surface area contributed by atoms with Gasteiger partial charge in [0.25, 0.3) is 0 Å². The molecule has 0 saturated carbocycles. The molecular weight excluding hydrogens is 367 g/mol. The molecule has 0 radical (unpaired) electrons. The predicted molar refractivity (Wildman–Crippen MR) is 93.9 cm³/mol. The maximum Gasteiger partial charge on any atom is 0.243 e. The third-order valence-corrected chi connectivity index (χ3v) is 6.44. The molecule has 1 atom stereocenters. The molecule has 1 N–H and O–H groups in total. The Morgan fingerprint density at radius 1 is 1.28 bits per heavy atom. The lowest BCUT2D eigenvalue weighted by Gasteiger charge is -2.35. The molecule has 134 valence electrons. The second kappa shape index (κ2) is 7.29. The Morgan fingerprint density at radius 2 is 2.04 bits per heavy atom. The first-order chi connectivity index (χ1) is 11.9. The van der Waals surface area contributed by atoms with E-state index >= 15 is 0 Å². The molecule has 1 aliphatic heterocycles. The first kappa shape index (κ1) is 18.1. The molecule has 1 saturated heterocycles. The number of nitrogens with zero attached hydrogens (tertiary/aromatic N) is 1. The summed E-state index contributed by atoms with van der Waals surface area (Å²) in [5.74, 6) is -0.713. The number of benzene rings is 2. The van der Waals surface area contributed by atoms with Crippen LogP contribution in [0.4, 0.5) is 4.39 Å². The molecule has 0 amide bonds. The van der Waals surface area contributed by atoms with Gasteiger partial charge in [0.05, 0.1) is 18.0 Å². The van der Waals surface area contributed by atoms with Crippen LogP contribution in [0.3, 0.4) is 0 Å². The number of hydrogen-bond acceptors (Lipinski definition) is 4. The summed E-state index contributed by atoms with van der Waals surface area (Å²) in [5.41, 5.74) is 0.717. The second-order valence-electron chi connectivity index (χ2n) is 5.65. The van der Waals surface area contributed by atoms with Gasteiger partial charge in [0.2, 0.25) is 10.0 Å². The van der Waals surface area contributed by atoms with Gasteiger partial charge in [-0.25, -0.2) is 12.8 Å². The van der Waals surface area contributed by atoms with Crippen LogP contribution in [0.15, 0.2) is 47.4 Å². The molecule has 0 spiro atoms. The van der Waals surface area contributed by atoms with Gasteiger partial charge in [-0.2, -0.15) is 4.31 Å². The number of piperazine rings is 1. The monoisotopic (exact) mass is 384 g/mol. The zero-order chi connectivity index (χ0) is 18.0. The lowest BCUT2D eigenvalue weighted by atomic mass is 10.1. The fourth-order valence-corrected chi connectivity index (χ4v) is 4.81. The lowest BCUT2D eigenvalue weighted by Crippen LogP contribution is -2.48. The van der Waals surface area contributed by atoms with E-state index in [0.717, 1.165) is 6.07 Å². The van der Waals surface area contributed by atoms with Crippen molar-refractivity contribution in [3.05, 3.63) is 58.9 Å². The van der Waals surface area contributed by atoms with Gasteiger partial charge in [0.1, 0.15) is 0 Å². The fourth-order valence-electron chi connectivity index (χ4n) is 2.93. The average Bonchev–Trinajstić information content (AvgIpc) is 2.62. The van der Waals surface area contributed by atoms with E-state index in [1.165, 1.54) is 23.5 Å². The minimum atomic E-state index is -3.88. The Labute approximate surface area is 151 Å². The van der Waals surface area contributed by atoms with E-state index in [4.69, 9.17) is 16.3 Å². The van der Waals surface area contributed by atoms with Crippen molar-refractivity contribution in [1.82, 2.24) is 9.62 Å². The van der Waals surface area contributed by atoms with Gasteiger partial charge < -0.3 is 10.1 Å². The summed E-state index contributed by atoms with van der Waals surface area (Å²) in [6, 6.07) is 10.3. The second-order valence-corrected chi connectivity index (χ2v) is 7.95. The van der Waals surface area contributed by atoms with E-state index in [-0.39, 0.29) is 17.2 Å². The topological polar surface area (TPSA) is 58.6 Å². The van der Waals surface area contributed by atoms with Crippen molar-refractivity contribution in [2.75, 3.05) is 26.7 Å². The maximum absolute atomic E-state index is 14.0. The number of nitrogens with one attached hydrogen (secondary N) is 1. The molecule has 3 rings (SSSR count). The van der Waals surface area contributed by atoms with Crippen molar-refractivity contribution < 1.29 is 17.5 Å². The average molecular weight is 385 g/mol. The number of halogens is 2. The van der Waals surface area contributed by atoms with Gasteiger partial charge in [0, 0.05) is 24.7 Å². The van der Waals surface area contributed by atoms with Crippen LogP contribution in [0.25, 0.3) is 0 Å². The molecular formula is C17H18ClFN2O3S. The van der Waals surface area contributed by atoms with E-state index in [2.05, 4.69) is 5.32 Å². The summed E-state index contributed by atoms with van der Waals surface area (Å²) in [4.78, 5) is -0.107. The van der Waals surface area contributed by atoms with Gasteiger partial charge >= 0.3 is 0 Å². The van der Waals surface area contributed by atoms with Gasteiger partial charge in [0.15, 0.2) is 11.6 Å². The van der Waals surface area contributed by atoms with Crippen molar-refractivity contribution in [3.63, 3.8) is 0 Å². The number of hydrogen-bond donors (Lipinski definition) is 1. The van der Waals surface area contributed by atoms with Crippen LogP contribution in [0.5, 0.6) is 5.75 Å². The summed E-state index contributed by atoms with van der Waals surface area (Å²) < 4.78 is 46.4. The highest BCUT2D eigenvalue weighted by atomic mass is 35.5. The van der Waals surface area contributed by atoms with Crippen LogP contribution in [-0.4, -0.2) is 39.5 Å². The maximum atomic E-state index is 14.0. The summed E-state index contributed by atoms with van der Waals surface area (Å²) in [5, 5.41) is 3.68. The molecule has 1 heterocycles. The van der Waals surface area contributed by atoms with E-state index in [1.54, 1.807) is 18.2 Å². The lowest BCUT2D eigenvalue weighted by molar-refractivity contribution is 0.271. The summed E-state index contributed by atoms with van der Waals surface area (Å²) in [7, 11) is -2.55. The summed E-state index contributed by atoms with van der Waals surface area (Å²) >= 11 is 6.26. The number of methoxy groups -OCH3 is 1. The quantitative estimate of drug-likeness (QED) is 0.880. The number of sulfonamides is 1. The van der Waals surface area contributed by atoms with Gasteiger partial charge in [-0.15, -0.1) is 0 Å². The standard InChI is InChI=1S/C17H18ClFN2O3S/c1-24-17-7-6-12(10-15(17)19)25(22,23)21-9-8-20-11-16(21)13-4-2-3-5-14(13)18/h2-7,10,16,20H,8-9,11H2,1H3. The zero-order valence-electron chi connectivity index (χ0n) is 13.6. The minimum Gasteiger partial charge on any atom is -0.494 e. The zero-order valence-corrected chi connectivity index (χ0v) is 15.1. The fraction of sp³-hybridized carbons (Fsp3) is 0.294. The Bertz CT molecular complexity index is 876. The van der Waals surface area contributed by atoms with Gasteiger partial charge in [-0.3, -0.25) is 0 Å². The van der Waals surface area contributed by atoms with E-state index in [0.29, 0.717) is 23.7 Å². The van der Waals surface area contributed by atoms with E-state index < -0.39 is 21.9 Å². The molecule has 1 aliphatic rings. The first-order valence-electron chi connectivity index (χ1n) is 7.75. The molecule has 8 heteroatoms. The molecule has 2 aromatic carbocycles. The summed E-state index contributed by atoms with van der Waals surface area (Å²) in [6.45, 7) is 1.21. The van der Waals surface area contributed by atoms with Crippen LogP contribution in [0, 0.1) is 5.82 Å². The van der Waals surface area contributed by atoms with E-state index in [9.17, 15) is 12.8 Å². The van der Waals surface area contributed by atoms with Crippen molar-refractivity contribution in [3.8, 4) is 5.75 Å². The van der Waals surface area contributed by atoms with Crippen LogP contribution < -0.4 is 10.1 Å². The van der Waals surface area contributed by atoms with Crippen molar-refractivity contribution in [2.24, 2.45) is 0 Å². The predicted octanol–water partition coefficient (Wildman–Crippen LogP) is 2.82. The number of ether oxygens (including phenoxy) is 1. The minimum absolute atomic E-state index is 0.00177. The van der Waals surface area contributed by atoms with Crippen molar-refractivity contribution in [2.45, 2.75) is 10.9 Å². The van der Waals surface area contributed by atoms with Gasteiger partial charge in [-0.1, -0.05) is 29.8 Å². The first-order valence-corrected chi connectivity index (χ1v) is 9.57. The Morgan fingerprint density at radius 3 is 2.72 bits per heavy atom. The molecule has 0 aliphatic carbocycles. The molecule has 1 unspecified atom stereocenters. The molecule has 5 nitrogen and oxygen atoms in total. The van der Waals surface area contributed by atoms with E-state index in [1.807, 2.05) is 6.07 Å². The smallest absolute Gasteiger partial charge is 0.243 e. The van der Waals surface area contributed by atoms with Crippen LogP contribution >= 0.6 is 11.6 Å². The SMILES string of the molecule is COc1ccc(S(=O)(=O)N2CCNCC2c2ccccc2Cl)cc1F. The van der Waals surface area contributed by atoms with Crippen molar-refractivity contribution >= 4 is 21.6 Å². The van der Waals surface area contributed by atoms with Crippen LogP contribution in [0.2, 0.25) is 5.02 Å². The highest BCUT2D eigenvalue weighted by molar-refractivity contribution is 7.89. The Hall–Kier alpha value is -1.67. The van der Waals surface area contributed by atoms with Crippen molar-refractivity contribution in [1.29, 1.82) is 0 Å². The molecule has 2 aromatic rings. The number of rotatable bonds is 4. The molecule has 0 aromatic heterocycles. The normalized spacial score (nSPS) is 18.9. The molecule has 25 heavy (non-hydrogen) atoms.